The lowest BCUT2D eigenvalue weighted by atomic mass is 9.85. The van der Waals surface area contributed by atoms with Crippen LogP contribution in [0.2, 0.25) is 5.02 Å². The molecule has 0 N–H and O–H groups in total. The van der Waals surface area contributed by atoms with Gasteiger partial charge in [0.2, 0.25) is 0 Å². The van der Waals surface area contributed by atoms with Crippen LogP contribution in [-0.4, -0.2) is 0 Å². The van der Waals surface area contributed by atoms with Crippen LogP contribution in [-0.2, 0) is 0 Å². The zero-order valence-electron chi connectivity index (χ0n) is 18.9. The highest BCUT2D eigenvalue weighted by atomic mass is 35.5. The molecule has 35 heavy (non-hydrogen) atoms. The van der Waals surface area contributed by atoms with Crippen molar-refractivity contribution in [2.75, 3.05) is 0 Å². The van der Waals surface area contributed by atoms with Crippen molar-refractivity contribution in [1.29, 1.82) is 5.26 Å². The van der Waals surface area contributed by atoms with Gasteiger partial charge in [0.1, 0.15) is 0 Å². The first kappa shape index (κ1) is 21.2. The maximum absolute atomic E-state index is 9.27. The van der Waals surface area contributed by atoms with Crippen LogP contribution in [0.25, 0.3) is 54.9 Å². The molecule has 0 fully saturated rings. The molecular formula is C33H20ClN. The van der Waals surface area contributed by atoms with Gasteiger partial charge in [0.05, 0.1) is 11.6 Å². The number of hydrogen-bond acceptors (Lipinski definition) is 1. The highest BCUT2D eigenvalue weighted by Crippen LogP contribution is 2.44. The molecule has 1 nitrogen and oxygen atoms in total. The summed E-state index contributed by atoms with van der Waals surface area (Å²) in [5.74, 6) is 0. The Balaban J connectivity index is 1.67. The molecule has 0 unspecified atom stereocenters. The van der Waals surface area contributed by atoms with E-state index in [0.29, 0.717) is 5.56 Å². The maximum atomic E-state index is 9.27. The van der Waals surface area contributed by atoms with E-state index < -0.39 is 0 Å². The van der Waals surface area contributed by atoms with E-state index in [0.717, 1.165) is 21.7 Å². The van der Waals surface area contributed by atoms with Crippen LogP contribution in [0.1, 0.15) is 5.56 Å². The Hall–Kier alpha value is -4.38. The van der Waals surface area contributed by atoms with Gasteiger partial charge in [0.15, 0.2) is 0 Å². The lowest BCUT2D eigenvalue weighted by molar-refractivity contribution is 1.49. The normalized spacial score (nSPS) is 11.0. The van der Waals surface area contributed by atoms with E-state index in [-0.39, 0.29) is 0 Å². The number of fused-ring (bicyclic) bond motifs is 2. The van der Waals surface area contributed by atoms with E-state index >= 15 is 0 Å². The number of nitriles is 1. The molecule has 0 aliphatic heterocycles. The summed E-state index contributed by atoms with van der Waals surface area (Å²) in [5.41, 5.74) is 7.58. The number of hydrogen-bond donors (Lipinski definition) is 0. The summed E-state index contributed by atoms with van der Waals surface area (Å²) in [5, 5.41) is 14.8. The first-order valence-electron chi connectivity index (χ1n) is 11.5. The third-order valence-electron chi connectivity index (χ3n) is 6.54. The summed E-state index contributed by atoms with van der Waals surface area (Å²) in [6.07, 6.45) is 0. The van der Waals surface area contributed by atoms with Crippen molar-refractivity contribution in [3.63, 3.8) is 0 Å². The third kappa shape index (κ3) is 3.75. The van der Waals surface area contributed by atoms with Crippen LogP contribution in [0, 0.1) is 11.3 Å². The highest BCUT2D eigenvalue weighted by molar-refractivity contribution is 6.30. The SMILES string of the molecule is N#Cc1ccc(-c2c3ccccc3c(-c3cccc(-c4cccc(Cl)c4)c3)c3ccccc23)cc1. The van der Waals surface area contributed by atoms with Gasteiger partial charge in [-0.05, 0) is 85.3 Å². The quantitative estimate of drug-likeness (QED) is 0.239. The number of halogens is 1. The van der Waals surface area contributed by atoms with Crippen molar-refractivity contribution in [2.45, 2.75) is 0 Å². The van der Waals surface area contributed by atoms with Crippen LogP contribution < -0.4 is 0 Å². The van der Waals surface area contributed by atoms with Gasteiger partial charge in [0, 0.05) is 5.02 Å². The minimum atomic E-state index is 0.664. The van der Waals surface area contributed by atoms with Gasteiger partial charge in [-0.2, -0.15) is 5.26 Å². The Morgan fingerprint density at radius 3 is 1.49 bits per heavy atom. The molecule has 0 saturated carbocycles. The Morgan fingerprint density at radius 2 is 0.943 bits per heavy atom. The second-order valence-corrected chi connectivity index (χ2v) is 9.06. The molecule has 0 bridgehead atoms. The second-order valence-electron chi connectivity index (χ2n) is 8.62. The molecule has 164 valence electrons. The molecule has 0 atom stereocenters. The standard InChI is InChI=1S/C33H20ClN/c34-27-10-6-8-25(20-27)24-7-5-9-26(19-24)33-30-13-3-1-11-28(30)32(29-12-2-4-14-31(29)33)23-17-15-22(21-35)16-18-23/h1-20H. The van der Waals surface area contributed by atoms with Gasteiger partial charge in [-0.25, -0.2) is 0 Å². The van der Waals surface area contributed by atoms with Crippen molar-refractivity contribution < 1.29 is 0 Å². The fraction of sp³-hybridized carbons (Fsp3) is 0. The van der Waals surface area contributed by atoms with Gasteiger partial charge in [0.25, 0.3) is 0 Å². The summed E-state index contributed by atoms with van der Waals surface area (Å²) in [6.45, 7) is 0. The highest BCUT2D eigenvalue weighted by Gasteiger charge is 2.16. The molecule has 0 heterocycles. The van der Waals surface area contributed by atoms with E-state index in [1.165, 1.54) is 38.2 Å². The molecule has 2 heteroatoms. The molecule has 0 amide bonds. The average molecular weight is 466 g/mol. The Labute approximate surface area is 209 Å². The van der Waals surface area contributed by atoms with Gasteiger partial charge < -0.3 is 0 Å². The maximum Gasteiger partial charge on any atom is 0.0991 e. The minimum Gasteiger partial charge on any atom is -0.192 e. The van der Waals surface area contributed by atoms with Crippen LogP contribution in [0.5, 0.6) is 0 Å². The Bertz CT molecular complexity index is 1700. The van der Waals surface area contributed by atoms with E-state index in [4.69, 9.17) is 11.6 Å². The van der Waals surface area contributed by atoms with Crippen LogP contribution in [0.4, 0.5) is 0 Å². The van der Waals surface area contributed by atoms with Gasteiger partial charge in [-0.1, -0.05) is 103 Å². The summed E-state index contributed by atoms with van der Waals surface area (Å²) >= 11 is 6.28. The van der Waals surface area contributed by atoms with E-state index in [9.17, 15) is 5.26 Å². The van der Waals surface area contributed by atoms with E-state index in [2.05, 4.69) is 84.9 Å². The van der Waals surface area contributed by atoms with E-state index in [1.54, 1.807) is 0 Å². The van der Waals surface area contributed by atoms with Crippen LogP contribution >= 0.6 is 11.6 Å². The zero-order valence-corrected chi connectivity index (χ0v) is 19.6. The molecule has 6 aromatic carbocycles. The van der Waals surface area contributed by atoms with Crippen LogP contribution in [0.15, 0.2) is 121 Å². The van der Waals surface area contributed by atoms with Crippen LogP contribution in [0.3, 0.4) is 0 Å². The Kier molecular flexibility index (Phi) is 5.30. The molecule has 0 spiro atoms. The molecule has 6 rings (SSSR count). The monoisotopic (exact) mass is 465 g/mol. The number of rotatable bonds is 3. The summed E-state index contributed by atoms with van der Waals surface area (Å²) < 4.78 is 0. The molecule has 0 radical (unpaired) electrons. The predicted octanol–water partition coefficient (Wildman–Crippen LogP) is 9.52. The van der Waals surface area contributed by atoms with Crippen molar-refractivity contribution in [3.8, 4) is 39.4 Å². The lowest BCUT2D eigenvalue weighted by Crippen LogP contribution is -1.91. The molecule has 0 saturated heterocycles. The molecular weight excluding hydrogens is 446 g/mol. The van der Waals surface area contributed by atoms with Gasteiger partial charge >= 0.3 is 0 Å². The minimum absolute atomic E-state index is 0.664. The average Bonchev–Trinajstić information content (AvgIpc) is 2.92. The predicted molar refractivity (Wildman–Crippen MR) is 147 cm³/mol. The third-order valence-corrected chi connectivity index (χ3v) is 6.78. The van der Waals surface area contributed by atoms with Crippen molar-refractivity contribution in [2.24, 2.45) is 0 Å². The van der Waals surface area contributed by atoms with Crippen molar-refractivity contribution in [1.82, 2.24) is 0 Å². The zero-order chi connectivity index (χ0) is 23.8. The Morgan fingerprint density at radius 1 is 0.457 bits per heavy atom. The summed E-state index contributed by atoms with van der Waals surface area (Å²) in [6, 6.07) is 44.0. The molecule has 0 aliphatic rings. The second kappa shape index (κ2) is 8.76. The topological polar surface area (TPSA) is 23.8 Å². The molecule has 0 aromatic heterocycles. The summed E-state index contributed by atoms with van der Waals surface area (Å²) in [7, 11) is 0. The van der Waals surface area contributed by atoms with Gasteiger partial charge in [-0.3, -0.25) is 0 Å². The van der Waals surface area contributed by atoms with Crippen molar-refractivity contribution in [3.05, 3.63) is 132 Å². The molecule has 6 aromatic rings. The lowest BCUT2D eigenvalue weighted by Gasteiger charge is -2.18. The van der Waals surface area contributed by atoms with Gasteiger partial charge in [-0.15, -0.1) is 0 Å². The fourth-order valence-electron chi connectivity index (χ4n) is 4.98. The number of benzene rings is 6. The summed E-state index contributed by atoms with van der Waals surface area (Å²) in [4.78, 5) is 0. The first-order chi connectivity index (χ1) is 17.2. The van der Waals surface area contributed by atoms with E-state index in [1.807, 2.05) is 42.5 Å². The largest absolute Gasteiger partial charge is 0.192 e. The first-order valence-corrected chi connectivity index (χ1v) is 11.9. The van der Waals surface area contributed by atoms with Crippen molar-refractivity contribution >= 4 is 33.1 Å². The number of nitrogens with zero attached hydrogens (tertiary/aromatic N) is 1. The molecule has 0 aliphatic carbocycles. The smallest absolute Gasteiger partial charge is 0.0991 e. The fourth-order valence-corrected chi connectivity index (χ4v) is 5.17.